The fraction of sp³-hybridized carbons (Fsp3) is 0.923. The molecule has 3 rings (SSSR count). The van der Waals surface area contributed by atoms with Crippen molar-refractivity contribution in [3.05, 3.63) is 0 Å². The van der Waals surface area contributed by atoms with Crippen molar-refractivity contribution in [2.24, 2.45) is 11.8 Å². The second-order valence-electron chi connectivity index (χ2n) is 5.55. The summed E-state index contributed by atoms with van der Waals surface area (Å²) in [6.45, 7) is 5.47. The van der Waals surface area contributed by atoms with Gasteiger partial charge >= 0.3 is 0 Å². The van der Waals surface area contributed by atoms with Gasteiger partial charge in [-0.3, -0.25) is 4.79 Å². The van der Waals surface area contributed by atoms with E-state index in [4.69, 9.17) is 0 Å². The molecule has 3 heterocycles. The number of likely N-dealkylation sites (tertiary alicyclic amines) is 1. The molecule has 0 saturated carbocycles. The first-order valence-electron chi connectivity index (χ1n) is 6.94. The maximum Gasteiger partial charge on any atom is 0.235 e. The summed E-state index contributed by atoms with van der Waals surface area (Å²) in [6.07, 6.45) is 3.44. The Morgan fingerprint density at radius 3 is 3.06 bits per heavy atom. The molecule has 3 saturated heterocycles. The van der Waals surface area contributed by atoms with Crippen molar-refractivity contribution < 1.29 is 4.79 Å². The van der Waals surface area contributed by atoms with Crippen LogP contribution in [0, 0.1) is 11.8 Å². The van der Waals surface area contributed by atoms with Gasteiger partial charge in [-0.2, -0.15) is 0 Å². The summed E-state index contributed by atoms with van der Waals surface area (Å²) >= 11 is 1.87. The summed E-state index contributed by atoms with van der Waals surface area (Å²) in [5.41, 5.74) is 0. The Morgan fingerprint density at radius 2 is 2.35 bits per heavy atom. The van der Waals surface area contributed by atoms with Crippen LogP contribution in [0.15, 0.2) is 0 Å². The summed E-state index contributed by atoms with van der Waals surface area (Å²) in [7, 11) is 0. The molecular formula is C13H22N2OS. The third kappa shape index (κ3) is 1.99. The Labute approximate surface area is 108 Å². The van der Waals surface area contributed by atoms with E-state index in [-0.39, 0.29) is 5.25 Å². The molecule has 0 aliphatic carbocycles. The third-order valence-corrected chi connectivity index (χ3v) is 5.99. The van der Waals surface area contributed by atoms with Crippen LogP contribution in [0.5, 0.6) is 0 Å². The highest BCUT2D eigenvalue weighted by molar-refractivity contribution is 8.00. The third-order valence-electron chi connectivity index (χ3n) is 4.62. The van der Waals surface area contributed by atoms with Crippen LogP contribution in [0.3, 0.4) is 0 Å². The van der Waals surface area contributed by atoms with Gasteiger partial charge in [-0.1, -0.05) is 6.92 Å². The largest absolute Gasteiger partial charge is 0.338 e. The van der Waals surface area contributed by atoms with Crippen LogP contribution >= 0.6 is 11.8 Å². The maximum absolute atomic E-state index is 12.5. The maximum atomic E-state index is 12.5. The summed E-state index contributed by atoms with van der Waals surface area (Å²) < 4.78 is 0. The van der Waals surface area contributed by atoms with Crippen molar-refractivity contribution >= 4 is 17.7 Å². The number of carbonyl (C=O) groups is 1. The Balaban J connectivity index is 1.72. The van der Waals surface area contributed by atoms with Crippen molar-refractivity contribution in [2.45, 2.75) is 37.5 Å². The quantitative estimate of drug-likeness (QED) is 0.807. The molecule has 3 nitrogen and oxygen atoms in total. The van der Waals surface area contributed by atoms with E-state index in [0.717, 1.165) is 44.3 Å². The van der Waals surface area contributed by atoms with Gasteiger partial charge in [-0.05, 0) is 36.9 Å². The molecule has 3 fully saturated rings. The zero-order chi connectivity index (χ0) is 11.8. The van der Waals surface area contributed by atoms with E-state index in [1.165, 1.54) is 12.2 Å². The summed E-state index contributed by atoms with van der Waals surface area (Å²) in [6, 6.07) is 0.503. The molecule has 4 unspecified atom stereocenters. The number of nitrogens with zero attached hydrogens (tertiary/aromatic N) is 1. The molecule has 0 bridgehead atoms. The van der Waals surface area contributed by atoms with Gasteiger partial charge < -0.3 is 10.2 Å². The Kier molecular flexibility index (Phi) is 3.35. The van der Waals surface area contributed by atoms with E-state index in [9.17, 15) is 4.79 Å². The number of carbonyl (C=O) groups excluding carboxylic acids is 1. The smallest absolute Gasteiger partial charge is 0.235 e. The SMILES string of the molecule is CCC1C2CNCC2CN1C(=O)C1CCCS1. The highest BCUT2D eigenvalue weighted by Gasteiger charge is 2.46. The molecule has 1 amide bonds. The minimum atomic E-state index is 0.274. The van der Waals surface area contributed by atoms with Gasteiger partial charge in [0.1, 0.15) is 0 Å². The summed E-state index contributed by atoms with van der Waals surface area (Å²) in [4.78, 5) is 14.8. The fourth-order valence-corrected chi connectivity index (χ4v) is 4.99. The number of nitrogens with one attached hydrogen (secondary N) is 1. The molecule has 0 radical (unpaired) electrons. The van der Waals surface area contributed by atoms with Crippen molar-refractivity contribution in [1.29, 1.82) is 0 Å². The van der Waals surface area contributed by atoms with E-state index >= 15 is 0 Å². The second-order valence-corrected chi connectivity index (χ2v) is 6.86. The molecule has 96 valence electrons. The highest BCUT2D eigenvalue weighted by Crippen LogP contribution is 2.37. The molecule has 3 aliphatic rings. The van der Waals surface area contributed by atoms with Gasteiger partial charge in [0.15, 0.2) is 0 Å². The lowest BCUT2D eigenvalue weighted by atomic mass is 9.93. The lowest BCUT2D eigenvalue weighted by molar-refractivity contribution is -0.132. The Hall–Kier alpha value is -0.220. The van der Waals surface area contributed by atoms with Crippen LogP contribution < -0.4 is 5.32 Å². The average Bonchev–Trinajstić information content (AvgIpc) is 3.03. The number of thioether (sulfide) groups is 1. The molecule has 0 aromatic heterocycles. The second kappa shape index (κ2) is 4.81. The van der Waals surface area contributed by atoms with Gasteiger partial charge in [-0.15, -0.1) is 11.8 Å². The summed E-state index contributed by atoms with van der Waals surface area (Å²) in [5.74, 6) is 3.05. The molecule has 0 aromatic carbocycles. The standard InChI is InChI=1S/C13H22N2OS/c1-2-11-10-7-14-6-9(10)8-15(11)13(16)12-4-3-5-17-12/h9-12,14H,2-8H2,1H3. The van der Waals surface area contributed by atoms with Gasteiger partial charge in [0.05, 0.1) is 5.25 Å². The first kappa shape index (κ1) is 11.8. The highest BCUT2D eigenvalue weighted by atomic mass is 32.2. The molecule has 17 heavy (non-hydrogen) atoms. The van der Waals surface area contributed by atoms with E-state index in [1.807, 2.05) is 11.8 Å². The van der Waals surface area contributed by atoms with Crippen LogP contribution in [-0.2, 0) is 4.79 Å². The van der Waals surface area contributed by atoms with Crippen molar-refractivity contribution in [3.63, 3.8) is 0 Å². The van der Waals surface area contributed by atoms with E-state index in [0.29, 0.717) is 11.9 Å². The minimum absolute atomic E-state index is 0.274. The molecule has 0 spiro atoms. The number of rotatable bonds is 2. The van der Waals surface area contributed by atoms with Crippen LogP contribution in [0.25, 0.3) is 0 Å². The normalized spacial score (nSPS) is 40.9. The first-order chi connectivity index (χ1) is 8.31. The topological polar surface area (TPSA) is 32.3 Å². The van der Waals surface area contributed by atoms with Crippen LogP contribution in [0.1, 0.15) is 26.2 Å². The minimum Gasteiger partial charge on any atom is -0.338 e. The fourth-order valence-electron chi connectivity index (χ4n) is 3.76. The van der Waals surface area contributed by atoms with Gasteiger partial charge in [-0.25, -0.2) is 0 Å². The van der Waals surface area contributed by atoms with Crippen molar-refractivity contribution in [2.75, 3.05) is 25.4 Å². The van der Waals surface area contributed by atoms with E-state index in [2.05, 4.69) is 17.1 Å². The zero-order valence-electron chi connectivity index (χ0n) is 10.5. The lowest BCUT2D eigenvalue weighted by Crippen LogP contribution is -2.43. The lowest BCUT2D eigenvalue weighted by Gasteiger charge is -2.29. The number of hydrogen-bond donors (Lipinski definition) is 1. The predicted octanol–water partition coefficient (Wildman–Crippen LogP) is 1.34. The first-order valence-corrected chi connectivity index (χ1v) is 7.99. The van der Waals surface area contributed by atoms with Crippen LogP contribution in [0.2, 0.25) is 0 Å². The number of fused-ring (bicyclic) bond motifs is 1. The number of amides is 1. The van der Waals surface area contributed by atoms with Crippen LogP contribution in [-0.4, -0.2) is 47.5 Å². The Bertz CT molecular complexity index is 304. The molecule has 3 aliphatic heterocycles. The number of hydrogen-bond acceptors (Lipinski definition) is 3. The zero-order valence-corrected chi connectivity index (χ0v) is 11.3. The van der Waals surface area contributed by atoms with E-state index in [1.54, 1.807) is 0 Å². The van der Waals surface area contributed by atoms with Crippen LogP contribution in [0.4, 0.5) is 0 Å². The van der Waals surface area contributed by atoms with Gasteiger partial charge in [0.2, 0.25) is 5.91 Å². The molecule has 0 aromatic rings. The predicted molar refractivity (Wildman–Crippen MR) is 71.1 cm³/mol. The van der Waals surface area contributed by atoms with Crippen molar-refractivity contribution in [1.82, 2.24) is 10.2 Å². The summed E-state index contributed by atoms with van der Waals surface area (Å²) in [5, 5.41) is 3.75. The molecule has 4 atom stereocenters. The molecule has 1 N–H and O–H groups in total. The van der Waals surface area contributed by atoms with Gasteiger partial charge in [0, 0.05) is 25.7 Å². The van der Waals surface area contributed by atoms with Crippen molar-refractivity contribution in [3.8, 4) is 0 Å². The average molecular weight is 254 g/mol. The molecule has 4 heteroatoms. The Morgan fingerprint density at radius 1 is 1.47 bits per heavy atom. The van der Waals surface area contributed by atoms with E-state index < -0.39 is 0 Å². The molecular weight excluding hydrogens is 232 g/mol. The monoisotopic (exact) mass is 254 g/mol. The van der Waals surface area contributed by atoms with Gasteiger partial charge in [0.25, 0.3) is 0 Å².